The summed E-state index contributed by atoms with van der Waals surface area (Å²) in [5, 5.41) is 0.731. The van der Waals surface area contributed by atoms with Crippen molar-refractivity contribution in [1.29, 1.82) is 0 Å². The molecule has 0 aliphatic carbocycles. The quantitative estimate of drug-likeness (QED) is 0.841. The Morgan fingerprint density at radius 3 is 2.83 bits per heavy atom. The Kier molecular flexibility index (Phi) is 4.46. The molecule has 100 valence electrons. The summed E-state index contributed by atoms with van der Waals surface area (Å²) < 4.78 is 0.405. The lowest BCUT2D eigenvalue weighted by molar-refractivity contribution is 0.276. The minimum absolute atomic E-state index is 0.405. The van der Waals surface area contributed by atoms with Gasteiger partial charge in [0, 0.05) is 34.3 Å². The molecular formula is C14H21ClN2S. The van der Waals surface area contributed by atoms with Gasteiger partial charge in [-0.2, -0.15) is 11.8 Å². The van der Waals surface area contributed by atoms with Crippen LogP contribution in [0.2, 0.25) is 5.02 Å². The van der Waals surface area contributed by atoms with Crippen molar-refractivity contribution in [1.82, 2.24) is 4.90 Å². The Bertz CT molecular complexity index is 400. The number of benzene rings is 1. The molecule has 2 nitrogen and oxygen atoms in total. The first-order chi connectivity index (χ1) is 8.44. The van der Waals surface area contributed by atoms with Gasteiger partial charge in [0.1, 0.15) is 0 Å². The minimum atomic E-state index is 0.405. The number of anilines is 1. The van der Waals surface area contributed by atoms with Crippen LogP contribution in [0.15, 0.2) is 18.2 Å². The lowest BCUT2D eigenvalue weighted by Crippen LogP contribution is -2.26. The van der Waals surface area contributed by atoms with Gasteiger partial charge in [0.2, 0.25) is 0 Å². The standard InChI is InChI=1S/C14H21ClN2S/c1-14(2)3-4-17(5-6-18-14)10-11-7-12(15)9-13(16)8-11/h7-9H,3-6,10,16H2,1-2H3. The monoisotopic (exact) mass is 284 g/mol. The molecule has 2 rings (SSSR count). The van der Waals surface area contributed by atoms with Crippen LogP contribution in [0.4, 0.5) is 5.69 Å². The molecule has 0 unspecified atom stereocenters. The molecule has 1 heterocycles. The van der Waals surface area contributed by atoms with Crippen molar-refractivity contribution in [2.75, 3.05) is 24.6 Å². The molecule has 1 aliphatic heterocycles. The minimum Gasteiger partial charge on any atom is -0.399 e. The first kappa shape index (κ1) is 14.0. The fraction of sp³-hybridized carbons (Fsp3) is 0.571. The Balaban J connectivity index is 2.00. The fourth-order valence-electron chi connectivity index (χ4n) is 2.25. The maximum absolute atomic E-state index is 6.04. The van der Waals surface area contributed by atoms with Crippen LogP contribution in [0.3, 0.4) is 0 Å². The van der Waals surface area contributed by atoms with E-state index in [2.05, 4.69) is 30.5 Å². The van der Waals surface area contributed by atoms with Crippen LogP contribution in [0.5, 0.6) is 0 Å². The number of nitrogens with two attached hydrogens (primary N) is 1. The highest BCUT2D eigenvalue weighted by molar-refractivity contribution is 8.00. The molecule has 0 atom stereocenters. The molecule has 1 aromatic rings. The van der Waals surface area contributed by atoms with Crippen molar-refractivity contribution < 1.29 is 0 Å². The number of halogens is 1. The van der Waals surface area contributed by atoms with E-state index in [1.165, 1.54) is 17.7 Å². The molecular weight excluding hydrogens is 264 g/mol. The van der Waals surface area contributed by atoms with Gasteiger partial charge in [-0.25, -0.2) is 0 Å². The maximum Gasteiger partial charge on any atom is 0.0429 e. The zero-order valence-electron chi connectivity index (χ0n) is 11.1. The summed E-state index contributed by atoms with van der Waals surface area (Å²) in [6, 6.07) is 5.84. The van der Waals surface area contributed by atoms with E-state index >= 15 is 0 Å². The summed E-state index contributed by atoms with van der Waals surface area (Å²) >= 11 is 8.11. The molecule has 1 fully saturated rings. The second-order valence-corrected chi connectivity index (χ2v) is 7.77. The number of rotatable bonds is 2. The summed E-state index contributed by atoms with van der Waals surface area (Å²) in [6.45, 7) is 7.89. The first-order valence-corrected chi connectivity index (χ1v) is 7.72. The van der Waals surface area contributed by atoms with E-state index in [1.54, 1.807) is 6.07 Å². The number of thioether (sulfide) groups is 1. The third-order valence-electron chi connectivity index (χ3n) is 3.32. The predicted molar refractivity (Wildman–Crippen MR) is 82.3 cm³/mol. The third-order valence-corrected chi connectivity index (χ3v) is 4.91. The highest BCUT2D eigenvalue weighted by atomic mass is 35.5. The van der Waals surface area contributed by atoms with E-state index < -0.39 is 0 Å². The topological polar surface area (TPSA) is 29.3 Å². The Labute approximate surface area is 119 Å². The van der Waals surface area contributed by atoms with Crippen LogP contribution in [0.25, 0.3) is 0 Å². The number of nitrogen functional groups attached to an aromatic ring is 1. The molecule has 0 saturated carbocycles. The van der Waals surface area contributed by atoms with Crippen LogP contribution >= 0.6 is 23.4 Å². The molecule has 0 radical (unpaired) electrons. The van der Waals surface area contributed by atoms with E-state index in [-0.39, 0.29) is 0 Å². The Hall–Kier alpha value is -0.380. The summed E-state index contributed by atoms with van der Waals surface area (Å²) in [7, 11) is 0. The molecule has 0 aromatic heterocycles. The van der Waals surface area contributed by atoms with Crippen LogP contribution in [0, 0.1) is 0 Å². The van der Waals surface area contributed by atoms with Crippen molar-refractivity contribution in [2.45, 2.75) is 31.6 Å². The van der Waals surface area contributed by atoms with Crippen molar-refractivity contribution in [3.63, 3.8) is 0 Å². The molecule has 1 saturated heterocycles. The van der Waals surface area contributed by atoms with E-state index in [0.717, 1.165) is 30.3 Å². The van der Waals surface area contributed by atoms with E-state index in [0.29, 0.717) is 4.75 Å². The maximum atomic E-state index is 6.04. The van der Waals surface area contributed by atoms with Crippen molar-refractivity contribution in [3.8, 4) is 0 Å². The van der Waals surface area contributed by atoms with Crippen molar-refractivity contribution >= 4 is 29.1 Å². The Morgan fingerprint density at radius 2 is 2.11 bits per heavy atom. The largest absolute Gasteiger partial charge is 0.399 e. The van der Waals surface area contributed by atoms with Crippen LogP contribution in [0.1, 0.15) is 25.8 Å². The van der Waals surface area contributed by atoms with Gasteiger partial charge in [-0.15, -0.1) is 0 Å². The summed E-state index contributed by atoms with van der Waals surface area (Å²) in [4.78, 5) is 2.49. The van der Waals surface area contributed by atoms with E-state index in [1.807, 2.05) is 12.1 Å². The van der Waals surface area contributed by atoms with Gasteiger partial charge in [0.15, 0.2) is 0 Å². The van der Waals surface area contributed by atoms with Crippen molar-refractivity contribution in [2.24, 2.45) is 0 Å². The van der Waals surface area contributed by atoms with E-state index in [4.69, 9.17) is 17.3 Å². The average molecular weight is 285 g/mol. The van der Waals surface area contributed by atoms with Crippen LogP contribution < -0.4 is 5.73 Å². The lowest BCUT2D eigenvalue weighted by Gasteiger charge is -2.22. The van der Waals surface area contributed by atoms with Gasteiger partial charge in [-0.3, -0.25) is 4.90 Å². The molecule has 4 heteroatoms. The van der Waals surface area contributed by atoms with Gasteiger partial charge < -0.3 is 5.73 Å². The first-order valence-electron chi connectivity index (χ1n) is 6.36. The summed E-state index contributed by atoms with van der Waals surface area (Å²) in [5.74, 6) is 1.20. The van der Waals surface area contributed by atoms with Gasteiger partial charge in [0.25, 0.3) is 0 Å². The van der Waals surface area contributed by atoms with Crippen LogP contribution in [-0.4, -0.2) is 28.5 Å². The molecule has 2 N–H and O–H groups in total. The molecule has 1 aromatic carbocycles. The highest BCUT2D eigenvalue weighted by Gasteiger charge is 2.23. The Morgan fingerprint density at radius 1 is 1.33 bits per heavy atom. The number of nitrogens with zero attached hydrogens (tertiary/aromatic N) is 1. The van der Waals surface area contributed by atoms with Gasteiger partial charge in [-0.05, 0) is 36.7 Å². The second kappa shape index (κ2) is 5.72. The predicted octanol–water partition coefficient (Wildman–Crippen LogP) is 3.64. The smallest absolute Gasteiger partial charge is 0.0429 e. The zero-order chi connectivity index (χ0) is 13.2. The number of hydrogen-bond donors (Lipinski definition) is 1. The molecule has 18 heavy (non-hydrogen) atoms. The zero-order valence-corrected chi connectivity index (χ0v) is 12.7. The van der Waals surface area contributed by atoms with Crippen LogP contribution in [-0.2, 0) is 6.54 Å². The van der Waals surface area contributed by atoms with Crippen molar-refractivity contribution in [3.05, 3.63) is 28.8 Å². The molecule has 1 aliphatic rings. The SMILES string of the molecule is CC1(C)CCN(Cc2cc(N)cc(Cl)c2)CCS1. The third kappa shape index (κ3) is 4.08. The fourth-order valence-corrected chi connectivity index (χ4v) is 3.65. The van der Waals surface area contributed by atoms with Gasteiger partial charge >= 0.3 is 0 Å². The second-order valence-electron chi connectivity index (χ2n) is 5.53. The molecule has 0 amide bonds. The van der Waals surface area contributed by atoms with Gasteiger partial charge in [-0.1, -0.05) is 25.4 Å². The number of hydrogen-bond acceptors (Lipinski definition) is 3. The molecule has 0 bridgehead atoms. The lowest BCUT2D eigenvalue weighted by atomic mass is 10.1. The van der Waals surface area contributed by atoms with Gasteiger partial charge in [0.05, 0.1) is 0 Å². The summed E-state index contributed by atoms with van der Waals surface area (Å²) in [5.41, 5.74) is 7.80. The average Bonchev–Trinajstić information content (AvgIpc) is 2.39. The normalized spacial score (nSPS) is 20.6. The summed E-state index contributed by atoms with van der Waals surface area (Å²) in [6.07, 6.45) is 1.23. The van der Waals surface area contributed by atoms with E-state index in [9.17, 15) is 0 Å². The highest BCUT2D eigenvalue weighted by Crippen LogP contribution is 2.31. The molecule has 0 spiro atoms.